The first-order valence-electron chi connectivity index (χ1n) is 15.6. The predicted molar refractivity (Wildman–Crippen MR) is 190 cm³/mol. The number of pyridine rings is 1. The molecule has 0 radical (unpaired) electrons. The molecule has 3 aromatic heterocycles. The summed E-state index contributed by atoms with van der Waals surface area (Å²) in [5.74, 6) is 1.75. The minimum atomic E-state index is 0.559. The van der Waals surface area contributed by atoms with Crippen LogP contribution < -0.4 is 0 Å². The summed E-state index contributed by atoms with van der Waals surface area (Å²) in [6.45, 7) is 0. The first-order valence-corrected chi connectivity index (χ1v) is 15.6. The summed E-state index contributed by atoms with van der Waals surface area (Å²) in [7, 11) is 0. The molecule has 0 fully saturated rings. The Morgan fingerprint density at radius 2 is 0.872 bits per heavy atom. The van der Waals surface area contributed by atoms with Crippen LogP contribution >= 0.6 is 0 Å². The van der Waals surface area contributed by atoms with Gasteiger partial charge in [0.15, 0.2) is 17.5 Å². The van der Waals surface area contributed by atoms with E-state index in [4.69, 9.17) is 24.4 Å². The van der Waals surface area contributed by atoms with Crippen LogP contribution in [-0.4, -0.2) is 19.9 Å². The second-order valence-corrected chi connectivity index (χ2v) is 11.4. The zero-order valence-electron chi connectivity index (χ0n) is 25.2. The fourth-order valence-corrected chi connectivity index (χ4v) is 6.33. The van der Waals surface area contributed by atoms with Crippen molar-refractivity contribution >= 4 is 32.7 Å². The number of hydrogen-bond donors (Lipinski definition) is 0. The molecule has 0 N–H and O–H groups in total. The first-order chi connectivity index (χ1) is 23.3. The van der Waals surface area contributed by atoms with Gasteiger partial charge in [0.2, 0.25) is 0 Å². The molecular weight excluding hydrogens is 576 g/mol. The molecule has 0 unspecified atom stereocenters. The normalized spacial score (nSPS) is 11.4. The van der Waals surface area contributed by atoms with Gasteiger partial charge in [0, 0.05) is 33.0 Å². The molecule has 0 atom stereocenters. The van der Waals surface area contributed by atoms with E-state index < -0.39 is 0 Å². The van der Waals surface area contributed by atoms with Gasteiger partial charge in [-0.2, -0.15) is 0 Å². The highest BCUT2D eigenvalue weighted by molar-refractivity contribution is 6.09. The van der Waals surface area contributed by atoms with Crippen molar-refractivity contribution in [2.24, 2.45) is 0 Å². The van der Waals surface area contributed by atoms with Gasteiger partial charge in [0.05, 0.1) is 17.0 Å². The number of para-hydroxylation sites is 2. The number of furan rings is 1. The molecule has 47 heavy (non-hydrogen) atoms. The van der Waals surface area contributed by atoms with Gasteiger partial charge in [-0.05, 0) is 41.1 Å². The van der Waals surface area contributed by atoms with Crippen LogP contribution in [0.15, 0.2) is 162 Å². The van der Waals surface area contributed by atoms with E-state index in [0.717, 1.165) is 71.9 Å². The number of benzene rings is 6. The molecule has 0 aliphatic heterocycles. The molecule has 0 saturated carbocycles. The number of rotatable bonds is 5. The highest BCUT2D eigenvalue weighted by atomic mass is 16.3. The van der Waals surface area contributed by atoms with Crippen molar-refractivity contribution < 1.29 is 4.42 Å². The van der Waals surface area contributed by atoms with E-state index in [0.29, 0.717) is 17.5 Å². The summed E-state index contributed by atoms with van der Waals surface area (Å²) in [6.07, 6.45) is 0. The molecule has 0 aliphatic carbocycles. The Bertz CT molecular complexity index is 2580. The molecule has 9 rings (SSSR count). The largest absolute Gasteiger partial charge is 0.455 e. The molecule has 9 aromatic rings. The third-order valence-electron chi connectivity index (χ3n) is 8.57. The Kier molecular flexibility index (Phi) is 6.39. The zero-order chi connectivity index (χ0) is 31.2. The van der Waals surface area contributed by atoms with E-state index in [1.54, 1.807) is 0 Å². The Balaban J connectivity index is 1.25. The summed E-state index contributed by atoms with van der Waals surface area (Å²) >= 11 is 0. The zero-order valence-corrected chi connectivity index (χ0v) is 25.2. The molecule has 0 bridgehead atoms. The van der Waals surface area contributed by atoms with Crippen molar-refractivity contribution in [3.63, 3.8) is 0 Å². The smallest absolute Gasteiger partial charge is 0.167 e. The van der Waals surface area contributed by atoms with Crippen LogP contribution in [0.3, 0.4) is 0 Å². The maximum Gasteiger partial charge on any atom is 0.167 e. The van der Waals surface area contributed by atoms with Crippen molar-refractivity contribution in [2.75, 3.05) is 0 Å². The Hall–Kier alpha value is -6.46. The highest BCUT2D eigenvalue weighted by Gasteiger charge is 2.19. The first kappa shape index (κ1) is 26.9. The van der Waals surface area contributed by atoms with Gasteiger partial charge >= 0.3 is 0 Å². The average molecular weight is 603 g/mol. The fraction of sp³-hybridized carbons (Fsp3) is 0. The monoisotopic (exact) mass is 602 g/mol. The quantitative estimate of drug-likeness (QED) is 0.196. The molecular formula is C42H26N4O. The third-order valence-corrected chi connectivity index (χ3v) is 8.57. The predicted octanol–water partition coefficient (Wildman–Crippen LogP) is 10.7. The molecule has 6 aromatic carbocycles. The minimum Gasteiger partial charge on any atom is -0.455 e. The van der Waals surface area contributed by atoms with Crippen LogP contribution in [0.5, 0.6) is 0 Å². The number of hydrogen-bond acceptors (Lipinski definition) is 5. The summed E-state index contributed by atoms with van der Waals surface area (Å²) in [4.78, 5) is 20.3. The summed E-state index contributed by atoms with van der Waals surface area (Å²) < 4.78 is 6.40. The summed E-state index contributed by atoms with van der Waals surface area (Å²) in [6, 6.07) is 53.3. The van der Waals surface area contributed by atoms with E-state index in [1.807, 2.05) is 78.9 Å². The standard InChI is InChI=1S/C42H26N4O/c1-3-13-27(14-4-1)36-22-12-23-37(43-36)31-25-26-34(30-18-8-7-17-29(30)31)41-44-40(28-15-5-2-6-16-28)45-42(46-41)35-21-11-20-33-32-19-9-10-24-38(32)47-39(33)35/h1-26H. The van der Waals surface area contributed by atoms with Gasteiger partial charge in [-0.1, -0.05) is 127 Å². The van der Waals surface area contributed by atoms with Crippen LogP contribution in [-0.2, 0) is 0 Å². The van der Waals surface area contributed by atoms with E-state index >= 15 is 0 Å². The summed E-state index contributed by atoms with van der Waals surface area (Å²) in [5, 5.41) is 4.20. The average Bonchev–Trinajstić information content (AvgIpc) is 3.54. The van der Waals surface area contributed by atoms with Crippen molar-refractivity contribution in [1.82, 2.24) is 19.9 Å². The lowest BCUT2D eigenvalue weighted by molar-refractivity contribution is 0.669. The molecule has 3 heterocycles. The topological polar surface area (TPSA) is 64.7 Å². The van der Waals surface area contributed by atoms with Gasteiger partial charge < -0.3 is 4.42 Å². The van der Waals surface area contributed by atoms with Crippen LogP contribution in [0.1, 0.15) is 0 Å². The second-order valence-electron chi connectivity index (χ2n) is 11.4. The van der Waals surface area contributed by atoms with Crippen molar-refractivity contribution in [1.29, 1.82) is 0 Å². The minimum absolute atomic E-state index is 0.559. The number of fused-ring (bicyclic) bond motifs is 4. The maximum absolute atomic E-state index is 6.40. The molecule has 220 valence electrons. The molecule has 0 amide bonds. The number of nitrogens with zero attached hydrogens (tertiary/aromatic N) is 4. The molecule has 5 heteroatoms. The van der Waals surface area contributed by atoms with Crippen molar-refractivity contribution in [3.05, 3.63) is 158 Å². The molecule has 5 nitrogen and oxygen atoms in total. The maximum atomic E-state index is 6.40. The van der Waals surface area contributed by atoms with Crippen LogP contribution in [0.4, 0.5) is 0 Å². The summed E-state index contributed by atoms with van der Waals surface area (Å²) in [5.41, 5.74) is 8.22. The SMILES string of the molecule is c1ccc(-c2cccc(-c3ccc(-c4nc(-c5ccccc5)nc(-c5cccc6c5oc5ccccc56)n4)c4ccccc34)n2)cc1. The van der Waals surface area contributed by atoms with Crippen LogP contribution in [0.25, 0.3) is 89.4 Å². The molecule has 0 spiro atoms. The van der Waals surface area contributed by atoms with Gasteiger partial charge in [-0.15, -0.1) is 0 Å². The van der Waals surface area contributed by atoms with Crippen LogP contribution in [0, 0.1) is 0 Å². The van der Waals surface area contributed by atoms with Crippen molar-refractivity contribution in [3.8, 4) is 56.7 Å². The Morgan fingerprint density at radius 3 is 1.66 bits per heavy atom. The van der Waals surface area contributed by atoms with Crippen molar-refractivity contribution in [2.45, 2.75) is 0 Å². The number of aromatic nitrogens is 4. The third kappa shape index (κ3) is 4.73. The van der Waals surface area contributed by atoms with E-state index in [-0.39, 0.29) is 0 Å². The Morgan fingerprint density at radius 1 is 0.319 bits per heavy atom. The van der Waals surface area contributed by atoms with Gasteiger partial charge in [0.1, 0.15) is 11.2 Å². The van der Waals surface area contributed by atoms with Gasteiger partial charge in [-0.3, -0.25) is 0 Å². The Labute approximate surface area is 270 Å². The fourth-order valence-electron chi connectivity index (χ4n) is 6.33. The molecule has 0 aliphatic rings. The van der Waals surface area contributed by atoms with E-state index in [9.17, 15) is 0 Å². The lowest BCUT2D eigenvalue weighted by Crippen LogP contribution is -2.01. The second kappa shape index (κ2) is 11.2. The van der Waals surface area contributed by atoms with Gasteiger partial charge in [0.25, 0.3) is 0 Å². The van der Waals surface area contributed by atoms with E-state index in [1.165, 1.54) is 0 Å². The lowest BCUT2D eigenvalue weighted by atomic mass is 9.96. The van der Waals surface area contributed by atoms with E-state index in [2.05, 4.69) is 78.9 Å². The lowest BCUT2D eigenvalue weighted by Gasteiger charge is -2.13. The van der Waals surface area contributed by atoms with Crippen LogP contribution in [0.2, 0.25) is 0 Å². The van der Waals surface area contributed by atoms with Gasteiger partial charge in [-0.25, -0.2) is 19.9 Å². The highest BCUT2D eigenvalue weighted by Crippen LogP contribution is 2.38. The molecule has 0 saturated heterocycles.